The van der Waals surface area contributed by atoms with E-state index in [2.05, 4.69) is 0 Å². The van der Waals surface area contributed by atoms with Crippen LogP contribution in [0.3, 0.4) is 0 Å². The summed E-state index contributed by atoms with van der Waals surface area (Å²) in [6.45, 7) is 1.06. The predicted molar refractivity (Wildman–Crippen MR) is 99.8 cm³/mol. The molecule has 1 aromatic carbocycles. The van der Waals surface area contributed by atoms with E-state index >= 15 is 0 Å². The summed E-state index contributed by atoms with van der Waals surface area (Å²) in [5.74, 6) is -0.942. The van der Waals surface area contributed by atoms with Crippen LogP contribution in [0.5, 0.6) is 0 Å². The van der Waals surface area contributed by atoms with Crippen LogP contribution in [0.25, 0.3) is 0 Å². The van der Waals surface area contributed by atoms with Crippen molar-refractivity contribution in [2.75, 3.05) is 31.6 Å². The molecule has 30 heavy (non-hydrogen) atoms. The minimum Gasteiger partial charge on any atom is -0.467 e. The lowest BCUT2D eigenvalue weighted by Gasteiger charge is -2.35. The number of anilines is 1. The summed E-state index contributed by atoms with van der Waals surface area (Å²) in [4.78, 5) is 38.4. The summed E-state index contributed by atoms with van der Waals surface area (Å²) in [6, 6.07) is 1.89. The van der Waals surface area contributed by atoms with Crippen molar-refractivity contribution in [2.45, 2.75) is 37.9 Å². The molecule has 1 unspecified atom stereocenters. The van der Waals surface area contributed by atoms with Crippen LogP contribution in [0.15, 0.2) is 18.2 Å². The van der Waals surface area contributed by atoms with E-state index < -0.39 is 34.4 Å². The van der Waals surface area contributed by atoms with Gasteiger partial charge < -0.3 is 14.5 Å². The molecule has 3 rings (SSSR count). The fraction of sp³-hybridized carbons (Fsp3) is 0.579. The number of carbonyl (C=O) groups excluding carboxylic acids is 2. The maximum absolute atomic E-state index is 12.9. The SMILES string of the molecule is COC(=O)C1CCCN1C(=O)C1CCN(c2ccc(C(F)(F)F)cc2[N+](=O)[O-])CC1. The lowest BCUT2D eigenvalue weighted by Crippen LogP contribution is -2.47. The van der Waals surface area contributed by atoms with Gasteiger partial charge in [-0.2, -0.15) is 13.2 Å². The molecule has 2 heterocycles. The van der Waals surface area contributed by atoms with Gasteiger partial charge in [-0.15, -0.1) is 0 Å². The van der Waals surface area contributed by atoms with Gasteiger partial charge in [-0.05, 0) is 37.8 Å². The second kappa shape index (κ2) is 8.49. The van der Waals surface area contributed by atoms with Crippen molar-refractivity contribution >= 4 is 23.3 Å². The van der Waals surface area contributed by atoms with E-state index in [1.165, 1.54) is 12.0 Å². The molecule has 1 atom stereocenters. The number of hydrogen-bond donors (Lipinski definition) is 0. The van der Waals surface area contributed by atoms with Crippen LogP contribution < -0.4 is 4.90 Å². The topological polar surface area (TPSA) is 93.0 Å². The number of halogens is 3. The van der Waals surface area contributed by atoms with E-state index in [0.717, 1.165) is 12.1 Å². The highest BCUT2D eigenvalue weighted by molar-refractivity contribution is 5.86. The molecule has 0 N–H and O–H groups in total. The summed E-state index contributed by atoms with van der Waals surface area (Å²) in [6.07, 6.45) is -2.63. The van der Waals surface area contributed by atoms with Crippen LogP contribution in [-0.4, -0.2) is 54.5 Å². The van der Waals surface area contributed by atoms with Gasteiger partial charge in [-0.25, -0.2) is 4.79 Å². The third kappa shape index (κ3) is 4.34. The maximum Gasteiger partial charge on any atom is 0.416 e. The van der Waals surface area contributed by atoms with E-state index in [1.807, 2.05) is 0 Å². The van der Waals surface area contributed by atoms with Gasteiger partial charge in [0.15, 0.2) is 0 Å². The van der Waals surface area contributed by atoms with Gasteiger partial charge >= 0.3 is 12.1 Å². The quantitative estimate of drug-likeness (QED) is 0.415. The van der Waals surface area contributed by atoms with Crippen molar-refractivity contribution in [3.8, 4) is 0 Å². The second-order valence-corrected chi connectivity index (χ2v) is 7.43. The highest BCUT2D eigenvalue weighted by Gasteiger charge is 2.39. The monoisotopic (exact) mass is 429 g/mol. The van der Waals surface area contributed by atoms with Crippen molar-refractivity contribution in [1.82, 2.24) is 4.90 Å². The number of nitro benzene ring substituents is 1. The Morgan fingerprint density at radius 1 is 1.17 bits per heavy atom. The van der Waals surface area contributed by atoms with Crippen LogP contribution in [0.1, 0.15) is 31.2 Å². The molecule has 1 amide bonds. The molecule has 11 heteroatoms. The van der Waals surface area contributed by atoms with E-state index in [9.17, 15) is 32.9 Å². The zero-order chi connectivity index (χ0) is 22.1. The van der Waals surface area contributed by atoms with E-state index in [4.69, 9.17) is 4.74 Å². The normalized spacial score (nSPS) is 20.3. The largest absolute Gasteiger partial charge is 0.467 e. The highest BCUT2D eigenvalue weighted by Crippen LogP contribution is 2.38. The molecule has 0 saturated carbocycles. The molecular weight excluding hydrogens is 407 g/mol. The number of hydrogen-bond acceptors (Lipinski definition) is 6. The Bertz CT molecular complexity index is 837. The number of nitro groups is 1. The summed E-state index contributed by atoms with van der Waals surface area (Å²) in [7, 11) is 1.28. The first-order valence-corrected chi connectivity index (χ1v) is 9.62. The first-order valence-electron chi connectivity index (χ1n) is 9.62. The van der Waals surface area contributed by atoms with Crippen molar-refractivity contribution < 1.29 is 32.4 Å². The molecule has 0 spiro atoms. The van der Waals surface area contributed by atoms with Crippen molar-refractivity contribution in [3.63, 3.8) is 0 Å². The number of benzene rings is 1. The molecule has 2 fully saturated rings. The van der Waals surface area contributed by atoms with Gasteiger partial charge in [0, 0.05) is 31.6 Å². The number of carbonyl (C=O) groups is 2. The van der Waals surface area contributed by atoms with Crippen molar-refractivity contribution in [2.24, 2.45) is 5.92 Å². The Hall–Kier alpha value is -2.85. The predicted octanol–water partition coefficient (Wildman–Crippen LogP) is 2.99. The van der Waals surface area contributed by atoms with Gasteiger partial charge in [0.1, 0.15) is 11.7 Å². The lowest BCUT2D eigenvalue weighted by molar-refractivity contribution is -0.384. The molecule has 2 saturated heterocycles. The lowest BCUT2D eigenvalue weighted by atomic mass is 9.94. The average molecular weight is 429 g/mol. The first-order chi connectivity index (χ1) is 14.1. The number of esters is 1. The molecule has 0 aromatic heterocycles. The Kier molecular flexibility index (Phi) is 6.18. The summed E-state index contributed by atoms with van der Waals surface area (Å²) < 4.78 is 43.4. The van der Waals surface area contributed by atoms with E-state index in [-0.39, 0.29) is 17.5 Å². The second-order valence-electron chi connectivity index (χ2n) is 7.43. The highest BCUT2D eigenvalue weighted by atomic mass is 19.4. The smallest absolute Gasteiger partial charge is 0.416 e. The number of alkyl halides is 3. The molecule has 8 nitrogen and oxygen atoms in total. The molecule has 0 aliphatic carbocycles. The van der Waals surface area contributed by atoms with Crippen LogP contribution >= 0.6 is 0 Å². The Morgan fingerprint density at radius 3 is 2.40 bits per heavy atom. The molecule has 0 bridgehead atoms. The Balaban J connectivity index is 1.70. The average Bonchev–Trinajstić information content (AvgIpc) is 3.21. The zero-order valence-corrected chi connectivity index (χ0v) is 16.4. The molecular formula is C19H22F3N3O5. The summed E-state index contributed by atoms with van der Waals surface area (Å²) in [5.41, 5.74) is -1.58. The number of ether oxygens (including phenoxy) is 1. The van der Waals surface area contributed by atoms with Gasteiger partial charge in [-0.3, -0.25) is 14.9 Å². The molecule has 2 aliphatic rings. The summed E-state index contributed by atoms with van der Waals surface area (Å²) in [5, 5.41) is 11.3. The first kappa shape index (κ1) is 21.8. The number of piperidine rings is 1. The van der Waals surface area contributed by atoms with Gasteiger partial charge in [0.05, 0.1) is 17.6 Å². The molecule has 1 aromatic rings. The summed E-state index contributed by atoms with van der Waals surface area (Å²) >= 11 is 0. The minimum absolute atomic E-state index is 0.104. The van der Waals surface area contributed by atoms with Gasteiger partial charge in [0.25, 0.3) is 5.69 Å². The van der Waals surface area contributed by atoms with Crippen LogP contribution in [-0.2, 0) is 20.5 Å². The number of methoxy groups -OCH3 is 1. The number of rotatable bonds is 4. The van der Waals surface area contributed by atoms with E-state index in [0.29, 0.717) is 51.4 Å². The van der Waals surface area contributed by atoms with Crippen LogP contribution in [0, 0.1) is 16.0 Å². The molecule has 0 radical (unpaired) electrons. The van der Waals surface area contributed by atoms with Crippen molar-refractivity contribution in [1.29, 1.82) is 0 Å². The fourth-order valence-electron chi connectivity index (χ4n) is 4.13. The number of nitrogens with zero attached hydrogens (tertiary/aromatic N) is 3. The Morgan fingerprint density at radius 2 is 1.83 bits per heavy atom. The van der Waals surface area contributed by atoms with E-state index in [1.54, 1.807) is 4.90 Å². The van der Waals surface area contributed by atoms with Crippen molar-refractivity contribution in [3.05, 3.63) is 33.9 Å². The van der Waals surface area contributed by atoms with Gasteiger partial charge in [0.2, 0.25) is 5.91 Å². The van der Waals surface area contributed by atoms with Gasteiger partial charge in [-0.1, -0.05) is 0 Å². The number of amides is 1. The third-order valence-corrected chi connectivity index (χ3v) is 5.69. The minimum atomic E-state index is -4.67. The zero-order valence-electron chi connectivity index (χ0n) is 16.4. The third-order valence-electron chi connectivity index (χ3n) is 5.69. The molecule has 164 valence electrons. The van der Waals surface area contributed by atoms with Crippen LogP contribution in [0.2, 0.25) is 0 Å². The standard InChI is InChI=1S/C19H22F3N3O5/c1-30-18(27)15-3-2-8-24(15)17(26)12-6-9-23(10-7-12)14-5-4-13(19(20,21)22)11-16(14)25(28)29/h4-5,11-12,15H,2-3,6-10H2,1H3. The number of likely N-dealkylation sites (tertiary alicyclic amines) is 1. The molecule has 2 aliphatic heterocycles. The maximum atomic E-state index is 12.9. The fourth-order valence-corrected chi connectivity index (χ4v) is 4.13. The Labute approximate surface area is 170 Å². The van der Waals surface area contributed by atoms with Crippen LogP contribution in [0.4, 0.5) is 24.5 Å².